The maximum atomic E-state index is 4.61. The molecule has 1 aromatic rings. The largest absolute Gasteiger partial charge is 0.377 e. The van der Waals surface area contributed by atoms with Gasteiger partial charge in [-0.3, -0.25) is 0 Å². The number of piperidine rings is 1. The molecule has 3 rings (SSSR count). The smallest absolute Gasteiger partial charge is 0.151 e. The van der Waals surface area contributed by atoms with Crippen molar-refractivity contribution in [2.75, 3.05) is 30.4 Å². The van der Waals surface area contributed by atoms with E-state index < -0.39 is 0 Å². The van der Waals surface area contributed by atoms with Gasteiger partial charge in [-0.25, -0.2) is 4.98 Å². The molecule has 1 aromatic heterocycles. The minimum atomic E-state index is 0.298. The lowest BCUT2D eigenvalue weighted by Crippen LogP contribution is -2.41. The molecule has 0 amide bonds. The topological polar surface area (TPSA) is 40.2 Å². The first-order chi connectivity index (χ1) is 9.18. The number of hydrogen-bond donors (Lipinski definition) is 2. The molecule has 0 bridgehead atoms. The monoisotopic (exact) mass is 260 g/mol. The molecule has 4 heteroatoms. The normalized spacial score (nSPS) is 22.0. The zero-order chi connectivity index (χ0) is 13.3. The van der Waals surface area contributed by atoms with Gasteiger partial charge in [0, 0.05) is 24.8 Å². The molecule has 19 heavy (non-hydrogen) atoms. The highest BCUT2D eigenvalue weighted by molar-refractivity contribution is 5.67. The van der Waals surface area contributed by atoms with Crippen molar-refractivity contribution in [3.05, 3.63) is 18.3 Å². The second kappa shape index (κ2) is 5.00. The predicted molar refractivity (Wildman–Crippen MR) is 79.8 cm³/mol. The molecule has 104 valence electrons. The fourth-order valence-electron chi connectivity index (χ4n) is 2.78. The summed E-state index contributed by atoms with van der Waals surface area (Å²) in [6, 6.07) is 4.78. The van der Waals surface area contributed by atoms with Crippen LogP contribution in [0.5, 0.6) is 0 Å². The van der Waals surface area contributed by atoms with Crippen LogP contribution in [0.15, 0.2) is 18.3 Å². The van der Waals surface area contributed by atoms with Gasteiger partial charge in [-0.2, -0.15) is 0 Å². The standard InChI is InChI=1S/C15H24N4/c1-15(7-8-15)18-13-4-3-9-17-14(13)19(2)12-5-10-16-11-6-12/h3-4,9,12,16,18H,5-8,10-11H2,1-2H3. The highest BCUT2D eigenvalue weighted by atomic mass is 15.2. The minimum absolute atomic E-state index is 0.298. The van der Waals surface area contributed by atoms with E-state index in [4.69, 9.17) is 0 Å². The number of nitrogens with zero attached hydrogens (tertiary/aromatic N) is 2. The Bertz CT molecular complexity index is 436. The van der Waals surface area contributed by atoms with E-state index in [1.54, 1.807) is 0 Å². The van der Waals surface area contributed by atoms with Gasteiger partial charge >= 0.3 is 0 Å². The van der Waals surface area contributed by atoms with Crippen LogP contribution in [0.25, 0.3) is 0 Å². The molecule has 2 heterocycles. The van der Waals surface area contributed by atoms with Gasteiger partial charge in [-0.1, -0.05) is 0 Å². The maximum absolute atomic E-state index is 4.61. The minimum Gasteiger partial charge on any atom is -0.377 e. The van der Waals surface area contributed by atoms with Gasteiger partial charge in [0.15, 0.2) is 5.82 Å². The number of hydrogen-bond acceptors (Lipinski definition) is 4. The summed E-state index contributed by atoms with van der Waals surface area (Å²) >= 11 is 0. The third-order valence-corrected chi connectivity index (χ3v) is 4.41. The van der Waals surface area contributed by atoms with Crippen molar-refractivity contribution in [2.24, 2.45) is 0 Å². The van der Waals surface area contributed by atoms with E-state index >= 15 is 0 Å². The van der Waals surface area contributed by atoms with Gasteiger partial charge in [0.25, 0.3) is 0 Å². The van der Waals surface area contributed by atoms with Crippen LogP contribution in [0.1, 0.15) is 32.6 Å². The molecule has 1 saturated carbocycles. The Morgan fingerprint density at radius 3 is 2.79 bits per heavy atom. The molecule has 0 atom stereocenters. The van der Waals surface area contributed by atoms with Crippen LogP contribution in [0, 0.1) is 0 Å². The van der Waals surface area contributed by atoms with Gasteiger partial charge in [-0.05, 0) is 57.8 Å². The van der Waals surface area contributed by atoms with Crippen LogP contribution in [0.3, 0.4) is 0 Å². The van der Waals surface area contributed by atoms with Gasteiger partial charge in [0.2, 0.25) is 0 Å². The van der Waals surface area contributed by atoms with Gasteiger partial charge < -0.3 is 15.5 Å². The van der Waals surface area contributed by atoms with E-state index in [-0.39, 0.29) is 0 Å². The Balaban J connectivity index is 1.78. The van der Waals surface area contributed by atoms with Crippen molar-refractivity contribution in [1.82, 2.24) is 10.3 Å². The number of nitrogens with one attached hydrogen (secondary N) is 2. The van der Waals surface area contributed by atoms with Crippen LogP contribution in [0.2, 0.25) is 0 Å². The highest BCUT2D eigenvalue weighted by Gasteiger charge is 2.38. The van der Waals surface area contributed by atoms with Gasteiger partial charge in [-0.15, -0.1) is 0 Å². The van der Waals surface area contributed by atoms with Crippen molar-refractivity contribution in [3.8, 4) is 0 Å². The van der Waals surface area contributed by atoms with Crippen molar-refractivity contribution in [1.29, 1.82) is 0 Å². The lowest BCUT2D eigenvalue weighted by Gasteiger charge is -2.34. The van der Waals surface area contributed by atoms with Crippen LogP contribution in [-0.4, -0.2) is 36.7 Å². The molecule has 2 fully saturated rings. The number of rotatable bonds is 4. The first kappa shape index (κ1) is 12.7. The van der Waals surface area contributed by atoms with Crippen LogP contribution in [-0.2, 0) is 0 Å². The molecule has 0 radical (unpaired) electrons. The second-order valence-electron chi connectivity index (χ2n) is 6.15. The van der Waals surface area contributed by atoms with Crippen molar-refractivity contribution in [3.63, 3.8) is 0 Å². The van der Waals surface area contributed by atoms with Crippen LogP contribution >= 0.6 is 0 Å². The lowest BCUT2D eigenvalue weighted by molar-refractivity contribution is 0.442. The van der Waals surface area contributed by atoms with E-state index in [0.717, 1.165) is 18.9 Å². The average molecular weight is 260 g/mol. The van der Waals surface area contributed by atoms with E-state index in [1.165, 1.54) is 31.4 Å². The zero-order valence-corrected chi connectivity index (χ0v) is 11.9. The van der Waals surface area contributed by atoms with E-state index in [0.29, 0.717) is 11.6 Å². The molecule has 0 unspecified atom stereocenters. The summed E-state index contributed by atoms with van der Waals surface area (Å²) in [5, 5.41) is 7.08. The summed E-state index contributed by atoms with van der Waals surface area (Å²) in [7, 11) is 2.18. The number of pyridine rings is 1. The van der Waals surface area contributed by atoms with Crippen molar-refractivity contribution < 1.29 is 0 Å². The fraction of sp³-hybridized carbons (Fsp3) is 0.667. The van der Waals surface area contributed by atoms with Crippen LogP contribution < -0.4 is 15.5 Å². The summed E-state index contributed by atoms with van der Waals surface area (Å²) in [5.74, 6) is 1.10. The molecule has 0 aromatic carbocycles. The number of anilines is 2. The summed E-state index contributed by atoms with van der Waals surface area (Å²) in [5.41, 5.74) is 1.48. The molecular weight excluding hydrogens is 236 g/mol. The number of aromatic nitrogens is 1. The molecule has 4 nitrogen and oxygen atoms in total. The zero-order valence-electron chi connectivity index (χ0n) is 11.9. The Kier molecular flexibility index (Phi) is 3.35. The van der Waals surface area contributed by atoms with Gasteiger partial charge in [0.05, 0.1) is 5.69 Å². The SMILES string of the molecule is CN(c1ncccc1NC1(C)CC1)C1CCNCC1. The van der Waals surface area contributed by atoms with E-state index in [9.17, 15) is 0 Å². The average Bonchev–Trinajstić information content (AvgIpc) is 3.17. The summed E-state index contributed by atoms with van der Waals surface area (Å²) in [6.07, 6.45) is 6.82. The predicted octanol–water partition coefficient (Wildman–Crippen LogP) is 2.23. The molecule has 1 saturated heterocycles. The second-order valence-corrected chi connectivity index (χ2v) is 6.15. The maximum Gasteiger partial charge on any atom is 0.151 e. The fourth-order valence-corrected chi connectivity index (χ4v) is 2.78. The Morgan fingerprint density at radius 1 is 1.37 bits per heavy atom. The molecule has 0 spiro atoms. The third kappa shape index (κ3) is 2.84. The Morgan fingerprint density at radius 2 is 2.11 bits per heavy atom. The van der Waals surface area contributed by atoms with E-state index in [2.05, 4.69) is 40.6 Å². The molecular formula is C15H24N4. The molecule has 2 N–H and O–H groups in total. The Labute approximate surface area is 115 Å². The quantitative estimate of drug-likeness (QED) is 0.871. The van der Waals surface area contributed by atoms with Gasteiger partial charge in [0.1, 0.15) is 0 Å². The first-order valence-corrected chi connectivity index (χ1v) is 7.35. The third-order valence-electron chi connectivity index (χ3n) is 4.41. The summed E-state index contributed by atoms with van der Waals surface area (Å²) < 4.78 is 0. The lowest BCUT2D eigenvalue weighted by atomic mass is 10.1. The molecule has 1 aliphatic heterocycles. The first-order valence-electron chi connectivity index (χ1n) is 7.35. The highest BCUT2D eigenvalue weighted by Crippen LogP contribution is 2.40. The molecule has 2 aliphatic rings. The van der Waals surface area contributed by atoms with Crippen LogP contribution in [0.4, 0.5) is 11.5 Å². The van der Waals surface area contributed by atoms with E-state index in [1.807, 2.05) is 12.3 Å². The molecule has 1 aliphatic carbocycles. The Hall–Kier alpha value is -1.29. The summed E-state index contributed by atoms with van der Waals surface area (Å²) in [6.45, 7) is 4.51. The summed E-state index contributed by atoms with van der Waals surface area (Å²) in [4.78, 5) is 6.96. The van der Waals surface area contributed by atoms with Crippen molar-refractivity contribution in [2.45, 2.75) is 44.2 Å². The van der Waals surface area contributed by atoms with Crippen molar-refractivity contribution >= 4 is 11.5 Å².